The van der Waals surface area contributed by atoms with Gasteiger partial charge in [0.05, 0.1) is 11.3 Å². The molecule has 0 unspecified atom stereocenters. The molecule has 3 N–H and O–H groups in total. The van der Waals surface area contributed by atoms with E-state index >= 15 is 0 Å². The van der Waals surface area contributed by atoms with Crippen LogP contribution in [0.4, 0.5) is 5.69 Å². The minimum Gasteiger partial charge on any atom is -0.382 e. The third kappa shape index (κ3) is 3.54. The molecule has 3 nitrogen and oxygen atoms in total. The predicted molar refractivity (Wildman–Crippen MR) is 65.6 cm³/mol. The van der Waals surface area contributed by atoms with E-state index in [1.165, 1.54) is 0 Å². The van der Waals surface area contributed by atoms with Gasteiger partial charge in [-0.25, -0.2) is 0 Å². The molecule has 1 aromatic carbocycles. The van der Waals surface area contributed by atoms with E-state index in [4.69, 9.17) is 11.0 Å². The average molecular weight is 268 g/mol. The van der Waals surface area contributed by atoms with E-state index in [9.17, 15) is 0 Å². The van der Waals surface area contributed by atoms with E-state index in [0.717, 1.165) is 10.2 Å². The molecule has 1 rings (SSSR count). The number of nitriles is 1. The maximum absolute atomic E-state index is 8.98. The highest BCUT2D eigenvalue weighted by atomic mass is 79.9. The van der Waals surface area contributed by atoms with Gasteiger partial charge in [-0.15, -0.1) is 0 Å². The molecule has 0 saturated heterocycles. The quantitative estimate of drug-likeness (QED) is 0.885. The first kappa shape index (κ1) is 12.0. The van der Waals surface area contributed by atoms with Gasteiger partial charge in [0.15, 0.2) is 0 Å². The number of rotatable bonds is 3. The lowest BCUT2D eigenvalue weighted by Gasteiger charge is -2.20. The Hall–Kier alpha value is -1.05. The molecule has 0 aliphatic carbocycles. The summed E-state index contributed by atoms with van der Waals surface area (Å²) in [4.78, 5) is 0. The fourth-order valence-corrected chi connectivity index (χ4v) is 1.56. The first-order chi connectivity index (χ1) is 6.94. The minimum absolute atomic E-state index is 0.297. The molecule has 0 aliphatic rings. The van der Waals surface area contributed by atoms with Gasteiger partial charge in [-0.1, -0.05) is 6.07 Å². The number of hydrogen-bond donors (Lipinski definition) is 2. The van der Waals surface area contributed by atoms with Crippen LogP contribution in [0, 0.1) is 11.3 Å². The smallest absolute Gasteiger partial charge is 0.103 e. The molecule has 0 heterocycles. The van der Waals surface area contributed by atoms with Crippen molar-refractivity contribution >= 4 is 21.6 Å². The van der Waals surface area contributed by atoms with Crippen LogP contribution in [0.15, 0.2) is 22.7 Å². The van der Waals surface area contributed by atoms with Crippen LogP contribution < -0.4 is 11.1 Å². The van der Waals surface area contributed by atoms with E-state index < -0.39 is 0 Å². The zero-order valence-corrected chi connectivity index (χ0v) is 10.4. The number of nitrogens with zero attached hydrogens (tertiary/aromatic N) is 1. The van der Waals surface area contributed by atoms with Crippen molar-refractivity contribution in [2.75, 3.05) is 11.9 Å². The van der Waals surface area contributed by atoms with Crippen molar-refractivity contribution in [3.8, 4) is 6.07 Å². The summed E-state index contributed by atoms with van der Waals surface area (Å²) in [6, 6.07) is 7.75. The summed E-state index contributed by atoms with van der Waals surface area (Å²) in [7, 11) is 0. The van der Waals surface area contributed by atoms with Gasteiger partial charge in [0, 0.05) is 16.6 Å². The Balaban J connectivity index is 2.87. The van der Waals surface area contributed by atoms with Crippen LogP contribution in [-0.2, 0) is 0 Å². The minimum atomic E-state index is -0.297. The van der Waals surface area contributed by atoms with Crippen LogP contribution in [0.25, 0.3) is 0 Å². The Morgan fingerprint density at radius 3 is 2.73 bits per heavy atom. The Labute approximate surface area is 98.4 Å². The summed E-state index contributed by atoms with van der Waals surface area (Å²) < 4.78 is 0.796. The Morgan fingerprint density at radius 2 is 2.20 bits per heavy atom. The molecule has 1 aromatic rings. The van der Waals surface area contributed by atoms with Crippen LogP contribution in [0.2, 0.25) is 0 Å². The van der Waals surface area contributed by atoms with Gasteiger partial charge < -0.3 is 11.1 Å². The topological polar surface area (TPSA) is 61.8 Å². The maximum Gasteiger partial charge on any atom is 0.103 e. The summed E-state index contributed by atoms with van der Waals surface area (Å²) in [5.74, 6) is 0. The summed E-state index contributed by atoms with van der Waals surface area (Å²) in [5.41, 5.74) is 6.98. The van der Waals surface area contributed by atoms with E-state index in [1.54, 1.807) is 0 Å². The van der Waals surface area contributed by atoms with Crippen LogP contribution >= 0.6 is 15.9 Å². The van der Waals surface area contributed by atoms with Gasteiger partial charge in [0.2, 0.25) is 0 Å². The molecule has 4 heteroatoms. The first-order valence-corrected chi connectivity index (χ1v) is 5.45. The highest BCUT2D eigenvalue weighted by Gasteiger charge is 2.12. The molecule has 0 aliphatic heterocycles. The van der Waals surface area contributed by atoms with Crippen molar-refractivity contribution in [3.63, 3.8) is 0 Å². The lowest BCUT2D eigenvalue weighted by Crippen LogP contribution is -2.39. The number of benzene rings is 1. The fraction of sp³-hybridized carbons (Fsp3) is 0.364. The number of halogens is 1. The molecule has 0 saturated carbocycles. The number of anilines is 1. The fourth-order valence-electron chi connectivity index (χ4n) is 1.11. The normalized spacial score (nSPS) is 10.9. The largest absolute Gasteiger partial charge is 0.382 e. The maximum atomic E-state index is 8.98. The second kappa shape index (κ2) is 4.65. The molecule has 0 aromatic heterocycles. The molecule has 0 radical (unpaired) electrons. The standard InChI is InChI=1S/C11H14BrN3/c1-11(2,14)7-15-10-5-3-4-9(12)8(10)6-13/h3-5,15H,7,14H2,1-2H3. The molecule has 80 valence electrons. The van der Waals surface area contributed by atoms with Gasteiger partial charge >= 0.3 is 0 Å². The molecular weight excluding hydrogens is 254 g/mol. The van der Waals surface area contributed by atoms with Crippen molar-refractivity contribution < 1.29 is 0 Å². The van der Waals surface area contributed by atoms with Crippen molar-refractivity contribution in [3.05, 3.63) is 28.2 Å². The number of hydrogen-bond acceptors (Lipinski definition) is 3. The Kier molecular flexibility index (Phi) is 3.72. The number of nitrogens with one attached hydrogen (secondary N) is 1. The van der Waals surface area contributed by atoms with Gasteiger partial charge in [-0.2, -0.15) is 5.26 Å². The van der Waals surface area contributed by atoms with E-state index in [2.05, 4.69) is 27.3 Å². The van der Waals surface area contributed by atoms with E-state index in [-0.39, 0.29) is 5.54 Å². The van der Waals surface area contributed by atoms with Crippen molar-refractivity contribution in [1.82, 2.24) is 0 Å². The van der Waals surface area contributed by atoms with Gasteiger partial charge in [0.25, 0.3) is 0 Å². The SMILES string of the molecule is CC(C)(N)CNc1cccc(Br)c1C#N. The average Bonchev–Trinajstić information content (AvgIpc) is 2.13. The molecular formula is C11H14BrN3. The lowest BCUT2D eigenvalue weighted by atomic mass is 10.1. The van der Waals surface area contributed by atoms with E-state index in [0.29, 0.717) is 12.1 Å². The molecule has 0 bridgehead atoms. The van der Waals surface area contributed by atoms with Crippen molar-refractivity contribution in [2.45, 2.75) is 19.4 Å². The molecule has 0 atom stereocenters. The molecule has 0 amide bonds. The molecule has 0 fully saturated rings. The van der Waals surface area contributed by atoms with Gasteiger partial charge in [-0.3, -0.25) is 0 Å². The Bertz CT molecular complexity index is 388. The molecule has 15 heavy (non-hydrogen) atoms. The monoisotopic (exact) mass is 267 g/mol. The second-order valence-corrected chi connectivity index (χ2v) is 4.97. The highest BCUT2D eigenvalue weighted by molar-refractivity contribution is 9.10. The summed E-state index contributed by atoms with van der Waals surface area (Å²) in [5, 5.41) is 12.1. The third-order valence-electron chi connectivity index (χ3n) is 1.86. The van der Waals surface area contributed by atoms with Crippen LogP contribution in [-0.4, -0.2) is 12.1 Å². The summed E-state index contributed by atoms with van der Waals surface area (Å²) in [6.45, 7) is 4.49. The van der Waals surface area contributed by atoms with Gasteiger partial charge in [-0.05, 0) is 41.9 Å². The predicted octanol–water partition coefficient (Wildman–Crippen LogP) is 2.47. The summed E-state index contributed by atoms with van der Waals surface area (Å²) in [6.07, 6.45) is 0. The Morgan fingerprint density at radius 1 is 1.53 bits per heavy atom. The van der Waals surface area contributed by atoms with Crippen LogP contribution in [0.1, 0.15) is 19.4 Å². The zero-order valence-electron chi connectivity index (χ0n) is 8.84. The lowest BCUT2D eigenvalue weighted by molar-refractivity contribution is 0.549. The molecule has 0 spiro atoms. The van der Waals surface area contributed by atoms with Crippen LogP contribution in [0.3, 0.4) is 0 Å². The van der Waals surface area contributed by atoms with Crippen LogP contribution in [0.5, 0.6) is 0 Å². The van der Waals surface area contributed by atoms with E-state index in [1.807, 2.05) is 32.0 Å². The summed E-state index contributed by atoms with van der Waals surface area (Å²) >= 11 is 3.33. The van der Waals surface area contributed by atoms with Gasteiger partial charge in [0.1, 0.15) is 6.07 Å². The first-order valence-electron chi connectivity index (χ1n) is 4.65. The highest BCUT2D eigenvalue weighted by Crippen LogP contribution is 2.23. The number of nitrogens with two attached hydrogens (primary N) is 1. The zero-order chi connectivity index (χ0) is 11.5. The van der Waals surface area contributed by atoms with Crippen molar-refractivity contribution in [1.29, 1.82) is 5.26 Å². The second-order valence-electron chi connectivity index (χ2n) is 4.12. The van der Waals surface area contributed by atoms with Crippen molar-refractivity contribution in [2.24, 2.45) is 5.73 Å². The third-order valence-corrected chi connectivity index (χ3v) is 2.52.